The van der Waals surface area contributed by atoms with Crippen molar-refractivity contribution in [3.05, 3.63) is 72.2 Å². The van der Waals surface area contributed by atoms with Gasteiger partial charge in [0, 0.05) is 24.1 Å². The smallest absolute Gasteiger partial charge is 0.224 e. The van der Waals surface area contributed by atoms with E-state index in [-0.39, 0.29) is 5.91 Å². The molecule has 116 valence electrons. The second-order valence-corrected chi connectivity index (χ2v) is 5.35. The third kappa shape index (κ3) is 3.86. The van der Waals surface area contributed by atoms with Crippen molar-refractivity contribution in [1.29, 1.82) is 0 Å². The van der Waals surface area contributed by atoms with E-state index in [0.717, 1.165) is 22.6 Å². The Morgan fingerprint density at radius 2 is 1.83 bits per heavy atom. The van der Waals surface area contributed by atoms with Crippen LogP contribution in [0.2, 0.25) is 0 Å². The van der Waals surface area contributed by atoms with Crippen LogP contribution in [0.1, 0.15) is 17.9 Å². The third-order valence-electron chi connectivity index (χ3n) is 3.60. The molecule has 0 aliphatic heterocycles. The molecule has 1 N–H and O–H groups in total. The summed E-state index contributed by atoms with van der Waals surface area (Å²) in [5, 5.41) is 2.91. The largest absolute Gasteiger partial charge is 0.441 e. The van der Waals surface area contributed by atoms with Crippen LogP contribution < -0.4 is 5.32 Å². The first-order chi connectivity index (χ1) is 11.2. The van der Waals surface area contributed by atoms with E-state index in [1.54, 1.807) is 6.20 Å². The Hall–Kier alpha value is -2.88. The number of oxazole rings is 1. The maximum Gasteiger partial charge on any atom is 0.224 e. The molecule has 0 fully saturated rings. The number of nitrogens with one attached hydrogen (secondary N) is 1. The summed E-state index contributed by atoms with van der Waals surface area (Å²) in [6.45, 7) is 1.97. The summed E-state index contributed by atoms with van der Waals surface area (Å²) in [5.74, 6) is 1.25. The number of nitrogens with zero attached hydrogens (tertiary/aromatic N) is 1. The van der Waals surface area contributed by atoms with Crippen molar-refractivity contribution in [1.82, 2.24) is 4.98 Å². The van der Waals surface area contributed by atoms with Gasteiger partial charge in [0.25, 0.3) is 0 Å². The Morgan fingerprint density at radius 1 is 1.09 bits per heavy atom. The molecule has 4 nitrogen and oxygen atoms in total. The Morgan fingerprint density at radius 3 is 2.61 bits per heavy atom. The van der Waals surface area contributed by atoms with Crippen molar-refractivity contribution < 1.29 is 9.21 Å². The van der Waals surface area contributed by atoms with Crippen LogP contribution in [-0.4, -0.2) is 10.9 Å². The molecule has 4 heteroatoms. The normalized spacial score (nSPS) is 10.5. The van der Waals surface area contributed by atoms with Crippen LogP contribution in [0.3, 0.4) is 0 Å². The van der Waals surface area contributed by atoms with Crippen LogP contribution in [0.15, 0.2) is 65.2 Å². The first kappa shape index (κ1) is 15.0. The molecule has 1 heterocycles. The maximum absolute atomic E-state index is 12.0. The summed E-state index contributed by atoms with van der Waals surface area (Å²) in [5.41, 5.74) is 2.87. The van der Waals surface area contributed by atoms with E-state index in [0.29, 0.717) is 18.7 Å². The minimum Gasteiger partial charge on any atom is -0.441 e. The van der Waals surface area contributed by atoms with Crippen molar-refractivity contribution in [3.8, 4) is 11.3 Å². The molecule has 0 aliphatic rings. The number of benzene rings is 2. The molecule has 0 unspecified atom stereocenters. The number of aryl methyl sites for hydroxylation is 2. The van der Waals surface area contributed by atoms with Crippen molar-refractivity contribution in [2.24, 2.45) is 0 Å². The van der Waals surface area contributed by atoms with E-state index < -0.39 is 0 Å². The van der Waals surface area contributed by atoms with Gasteiger partial charge >= 0.3 is 0 Å². The van der Waals surface area contributed by atoms with Crippen molar-refractivity contribution >= 4 is 11.6 Å². The van der Waals surface area contributed by atoms with Crippen LogP contribution in [0.5, 0.6) is 0 Å². The van der Waals surface area contributed by atoms with E-state index in [1.807, 2.05) is 61.5 Å². The second-order valence-electron chi connectivity index (χ2n) is 5.35. The van der Waals surface area contributed by atoms with Crippen LogP contribution in [0.25, 0.3) is 11.3 Å². The highest BCUT2D eigenvalue weighted by molar-refractivity contribution is 5.91. The van der Waals surface area contributed by atoms with Gasteiger partial charge in [-0.25, -0.2) is 4.98 Å². The first-order valence-corrected chi connectivity index (χ1v) is 7.58. The number of aromatic nitrogens is 1. The molecule has 3 aromatic rings. The molecule has 0 saturated heterocycles. The Balaban J connectivity index is 1.58. The lowest BCUT2D eigenvalue weighted by molar-refractivity contribution is -0.116. The van der Waals surface area contributed by atoms with Crippen molar-refractivity contribution in [3.63, 3.8) is 0 Å². The molecule has 0 spiro atoms. The summed E-state index contributed by atoms with van der Waals surface area (Å²) in [7, 11) is 0. The average Bonchev–Trinajstić information content (AvgIpc) is 3.05. The summed E-state index contributed by atoms with van der Waals surface area (Å²) in [6.07, 6.45) is 2.51. The highest BCUT2D eigenvalue weighted by Crippen LogP contribution is 2.20. The van der Waals surface area contributed by atoms with Gasteiger partial charge in [-0.3, -0.25) is 4.79 Å². The summed E-state index contributed by atoms with van der Waals surface area (Å²) in [4.78, 5) is 16.3. The molecule has 3 rings (SSSR count). The van der Waals surface area contributed by atoms with Crippen LogP contribution >= 0.6 is 0 Å². The molecule has 0 bridgehead atoms. The van der Waals surface area contributed by atoms with Gasteiger partial charge in [-0.1, -0.05) is 48.5 Å². The average molecular weight is 306 g/mol. The fourth-order valence-corrected chi connectivity index (χ4v) is 2.31. The minimum absolute atomic E-state index is 0.0428. The number of carbonyl (C=O) groups is 1. The molecule has 0 atom stereocenters. The monoisotopic (exact) mass is 306 g/mol. The van der Waals surface area contributed by atoms with E-state index in [1.165, 1.54) is 0 Å². The predicted octanol–water partition coefficient (Wildman–Crippen LogP) is 4.22. The molecule has 2 aromatic carbocycles. The Labute approximate surface area is 135 Å². The van der Waals surface area contributed by atoms with Gasteiger partial charge in [0.05, 0.1) is 6.20 Å². The highest BCUT2D eigenvalue weighted by atomic mass is 16.4. The zero-order valence-electron chi connectivity index (χ0n) is 13.0. The molecule has 1 amide bonds. The number of amides is 1. The van der Waals surface area contributed by atoms with Crippen LogP contribution in [-0.2, 0) is 11.2 Å². The molecular formula is C19H18N2O2. The number of rotatable bonds is 5. The predicted molar refractivity (Wildman–Crippen MR) is 90.1 cm³/mol. The van der Waals surface area contributed by atoms with Crippen molar-refractivity contribution in [2.45, 2.75) is 19.8 Å². The molecule has 0 aliphatic carbocycles. The molecule has 0 radical (unpaired) electrons. The van der Waals surface area contributed by atoms with Gasteiger partial charge in [0.2, 0.25) is 5.91 Å². The molecule has 23 heavy (non-hydrogen) atoms. The van der Waals surface area contributed by atoms with E-state index >= 15 is 0 Å². The number of hydrogen-bond donors (Lipinski definition) is 1. The maximum atomic E-state index is 12.0. The third-order valence-corrected chi connectivity index (χ3v) is 3.60. The van der Waals surface area contributed by atoms with Gasteiger partial charge in [-0.05, 0) is 18.6 Å². The van der Waals surface area contributed by atoms with Gasteiger partial charge in [0.15, 0.2) is 11.7 Å². The molecule has 0 saturated carbocycles. The lowest BCUT2D eigenvalue weighted by Crippen LogP contribution is -2.13. The van der Waals surface area contributed by atoms with Gasteiger partial charge < -0.3 is 9.73 Å². The van der Waals surface area contributed by atoms with Gasteiger partial charge in [-0.2, -0.15) is 0 Å². The second kappa shape index (κ2) is 6.92. The summed E-state index contributed by atoms with van der Waals surface area (Å²) in [6, 6.07) is 17.5. The fraction of sp³-hybridized carbons (Fsp3) is 0.158. The zero-order valence-corrected chi connectivity index (χ0v) is 13.0. The lowest BCUT2D eigenvalue weighted by atomic mass is 10.2. The summed E-state index contributed by atoms with van der Waals surface area (Å²) < 4.78 is 5.70. The zero-order chi connectivity index (χ0) is 16.1. The topological polar surface area (TPSA) is 55.1 Å². The Kier molecular flexibility index (Phi) is 4.52. The van der Waals surface area contributed by atoms with Gasteiger partial charge in [0.1, 0.15) is 0 Å². The number of para-hydroxylation sites is 1. The molecule has 1 aromatic heterocycles. The van der Waals surface area contributed by atoms with Crippen LogP contribution in [0, 0.1) is 6.92 Å². The fourth-order valence-electron chi connectivity index (χ4n) is 2.31. The van der Waals surface area contributed by atoms with Crippen LogP contribution in [0.4, 0.5) is 5.69 Å². The first-order valence-electron chi connectivity index (χ1n) is 7.58. The van der Waals surface area contributed by atoms with Gasteiger partial charge in [-0.15, -0.1) is 0 Å². The number of anilines is 1. The minimum atomic E-state index is -0.0428. The van der Waals surface area contributed by atoms with E-state index in [2.05, 4.69) is 10.3 Å². The molecular weight excluding hydrogens is 288 g/mol. The number of carbonyl (C=O) groups excluding carboxylic acids is 1. The van der Waals surface area contributed by atoms with Crippen molar-refractivity contribution in [2.75, 3.05) is 5.32 Å². The lowest BCUT2D eigenvalue weighted by Gasteiger charge is -2.07. The highest BCUT2D eigenvalue weighted by Gasteiger charge is 2.09. The van der Waals surface area contributed by atoms with E-state index in [4.69, 9.17) is 4.42 Å². The SMILES string of the molecule is Cc1ccccc1NC(=O)CCc1ncc(-c2ccccc2)o1. The quantitative estimate of drug-likeness (QED) is 0.767. The Bertz CT molecular complexity index is 794. The standard InChI is InChI=1S/C19H18N2O2/c1-14-7-5-6-10-16(14)21-18(22)11-12-19-20-13-17(23-19)15-8-3-2-4-9-15/h2-10,13H,11-12H2,1H3,(H,21,22). The van der Waals surface area contributed by atoms with E-state index in [9.17, 15) is 4.79 Å². The number of hydrogen-bond acceptors (Lipinski definition) is 3. The summed E-state index contributed by atoms with van der Waals surface area (Å²) >= 11 is 0.